The Kier molecular flexibility index (Phi) is 5.16. The minimum absolute atomic E-state index is 0.00727. The Labute approximate surface area is 159 Å². The van der Waals surface area contributed by atoms with Crippen LogP contribution in [0.25, 0.3) is 16.9 Å². The molecular formula is C21H25N5O. The van der Waals surface area contributed by atoms with Gasteiger partial charge >= 0.3 is 0 Å². The molecule has 27 heavy (non-hydrogen) atoms. The van der Waals surface area contributed by atoms with Crippen molar-refractivity contribution in [2.24, 2.45) is 0 Å². The van der Waals surface area contributed by atoms with Gasteiger partial charge in [0.25, 0.3) is 5.91 Å². The Morgan fingerprint density at radius 1 is 1.11 bits per heavy atom. The van der Waals surface area contributed by atoms with Crippen LogP contribution in [0.5, 0.6) is 0 Å². The monoisotopic (exact) mass is 363 g/mol. The lowest BCUT2D eigenvalue weighted by Gasteiger charge is -2.34. The number of hydrogen-bond acceptors (Lipinski definition) is 4. The Bertz CT molecular complexity index is 913. The second-order valence-corrected chi connectivity index (χ2v) is 6.99. The zero-order valence-corrected chi connectivity index (χ0v) is 15.7. The fraction of sp³-hybridized carbons (Fsp3) is 0.381. The molecule has 1 aliphatic rings. The van der Waals surface area contributed by atoms with Gasteiger partial charge in [0.15, 0.2) is 5.65 Å². The van der Waals surface area contributed by atoms with Gasteiger partial charge in [-0.2, -0.15) is 0 Å². The summed E-state index contributed by atoms with van der Waals surface area (Å²) in [7, 11) is 0. The molecule has 3 heterocycles. The van der Waals surface area contributed by atoms with Crippen LogP contribution >= 0.6 is 0 Å². The third-order valence-corrected chi connectivity index (χ3v) is 5.13. The predicted molar refractivity (Wildman–Crippen MR) is 106 cm³/mol. The average molecular weight is 363 g/mol. The van der Waals surface area contributed by atoms with E-state index in [4.69, 9.17) is 0 Å². The van der Waals surface area contributed by atoms with Crippen molar-refractivity contribution in [1.82, 2.24) is 24.2 Å². The summed E-state index contributed by atoms with van der Waals surface area (Å²) in [5.74, 6) is 0.00727. The molecule has 1 fully saturated rings. The second-order valence-electron chi connectivity index (χ2n) is 6.99. The number of unbranched alkanes of at least 4 members (excludes halogenated alkanes) is 1. The van der Waals surface area contributed by atoms with E-state index in [9.17, 15) is 4.79 Å². The molecule has 6 nitrogen and oxygen atoms in total. The van der Waals surface area contributed by atoms with Crippen LogP contribution < -0.4 is 0 Å². The van der Waals surface area contributed by atoms with Gasteiger partial charge in [0, 0.05) is 50.3 Å². The maximum absolute atomic E-state index is 12.9. The van der Waals surface area contributed by atoms with Crippen LogP contribution in [0, 0.1) is 0 Å². The number of benzene rings is 1. The third kappa shape index (κ3) is 3.71. The molecule has 1 saturated heterocycles. The maximum atomic E-state index is 12.9. The van der Waals surface area contributed by atoms with Gasteiger partial charge in [-0.1, -0.05) is 43.7 Å². The van der Waals surface area contributed by atoms with E-state index in [0.717, 1.165) is 44.0 Å². The first-order valence-corrected chi connectivity index (χ1v) is 9.67. The number of aromatic nitrogens is 3. The van der Waals surface area contributed by atoms with Crippen LogP contribution in [0.2, 0.25) is 0 Å². The quantitative estimate of drug-likeness (QED) is 0.699. The Balaban J connectivity index is 1.54. The number of nitrogens with zero attached hydrogens (tertiary/aromatic N) is 5. The molecule has 0 N–H and O–H groups in total. The molecule has 0 saturated carbocycles. The largest absolute Gasteiger partial charge is 0.335 e. The van der Waals surface area contributed by atoms with Gasteiger partial charge in [-0.15, -0.1) is 0 Å². The summed E-state index contributed by atoms with van der Waals surface area (Å²) in [6.07, 6.45) is 7.83. The summed E-state index contributed by atoms with van der Waals surface area (Å²) in [6, 6.07) is 9.95. The molecule has 4 rings (SSSR count). The van der Waals surface area contributed by atoms with Crippen molar-refractivity contribution in [2.45, 2.75) is 19.8 Å². The van der Waals surface area contributed by atoms with Crippen molar-refractivity contribution in [2.75, 3.05) is 32.7 Å². The highest BCUT2D eigenvalue weighted by Gasteiger charge is 2.24. The Morgan fingerprint density at radius 3 is 2.63 bits per heavy atom. The van der Waals surface area contributed by atoms with Gasteiger partial charge in [0.05, 0.1) is 0 Å². The van der Waals surface area contributed by atoms with E-state index < -0.39 is 0 Å². The lowest BCUT2D eigenvalue weighted by molar-refractivity contribution is 0.0630. The number of amides is 1. The smallest absolute Gasteiger partial charge is 0.274 e. The highest BCUT2D eigenvalue weighted by molar-refractivity contribution is 5.93. The molecule has 0 aliphatic carbocycles. The number of hydrogen-bond donors (Lipinski definition) is 0. The Hall–Kier alpha value is -2.73. The molecule has 1 aromatic carbocycles. The fourth-order valence-electron chi connectivity index (χ4n) is 3.54. The van der Waals surface area contributed by atoms with Crippen molar-refractivity contribution in [3.63, 3.8) is 0 Å². The van der Waals surface area contributed by atoms with Crippen LogP contribution in [-0.2, 0) is 0 Å². The fourth-order valence-corrected chi connectivity index (χ4v) is 3.54. The molecule has 3 aromatic rings. The SMILES string of the molecule is CCCCN1CCN(C(=O)c2cn3ccnc(-c4ccccc4)c3n2)CC1. The first-order chi connectivity index (χ1) is 13.3. The number of carbonyl (C=O) groups is 1. The van der Waals surface area contributed by atoms with Gasteiger partial charge in [-0.3, -0.25) is 14.7 Å². The summed E-state index contributed by atoms with van der Waals surface area (Å²) >= 11 is 0. The molecule has 1 amide bonds. The standard InChI is InChI=1S/C21H25N5O/c1-2-3-10-24-12-14-25(15-13-24)21(27)18-16-26-11-9-22-19(20(26)23-18)17-7-5-4-6-8-17/h4-9,11,16H,2-3,10,12-15H2,1H3. The number of fused-ring (bicyclic) bond motifs is 1. The summed E-state index contributed by atoms with van der Waals surface area (Å²) in [5, 5.41) is 0. The van der Waals surface area contributed by atoms with Crippen molar-refractivity contribution in [1.29, 1.82) is 0 Å². The minimum atomic E-state index is 0.00727. The van der Waals surface area contributed by atoms with Crippen LogP contribution in [0.4, 0.5) is 0 Å². The summed E-state index contributed by atoms with van der Waals surface area (Å²) in [5.41, 5.74) is 2.99. The number of imidazole rings is 1. The topological polar surface area (TPSA) is 53.7 Å². The van der Waals surface area contributed by atoms with E-state index in [1.54, 1.807) is 6.20 Å². The summed E-state index contributed by atoms with van der Waals surface area (Å²) in [6.45, 7) is 6.74. The average Bonchev–Trinajstić information content (AvgIpc) is 3.17. The number of rotatable bonds is 5. The van der Waals surface area contributed by atoms with E-state index in [-0.39, 0.29) is 5.91 Å². The van der Waals surface area contributed by atoms with Gasteiger partial charge in [0.1, 0.15) is 11.4 Å². The summed E-state index contributed by atoms with van der Waals surface area (Å²) < 4.78 is 1.89. The highest BCUT2D eigenvalue weighted by Crippen LogP contribution is 2.22. The summed E-state index contributed by atoms with van der Waals surface area (Å²) in [4.78, 5) is 26.4. The zero-order chi connectivity index (χ0) is 18.6. The van der Waals surface area contributed by atoms with Gasteiger partial charge in [-0.25, -0.2) is 4.98 Å². The van der Waals surface area contributed by atoms with Gasteiger partial charge in [0.2, 0.25) is 0 Å². The van der Waals surface area contributed by atoms with Crippen LogP contribution in [0.1, 0.15) is 30.3 Å². The van der Waals surface area contributed by atoms with Crippen molar-refractivity contribution < 1.29 is 4.79 Å². The minimum Gasteiger partial charge on any atom is -0.335 e. The zero-order valence-electron chi connectivity index (χ0n) is 15.7. The lowest BCUT2D eigenvalue weighted by atomic mass is 10.1. The first-order valence-electron chi connectivity index (χ1n) is 9.67. The molecular weight excluding hydrogens is 338 g/mol. The van der Waals surface area contributed by atoms with E-state index in [1.165, 1.54) is 12.8 Å². The highest BCUT2D eigenvalue weighted by atomic mass is 16.2. The van der Waals surface area contributed by atoms with E-state index in [1.807, 2.05) is 52.0 Å². The maximum Gasteiger partial charge on any atom is 0.274 e. The van der Waals surface area contributed by atoms with Crippen LogP contribution in [0.3, 0.4) is 0 Å². The molecule has 140 valence electrons. The predicted octanol–water partition coefficient (Wildman–Crippen LogP) is 2.95. The molecule has 0 bridgehead atoms. The van der Waals surface area contributed by atoms with Gasteiger partial charge in [-0.05, 0) is 13.0 Å². The molecule has 0 atom stereocenters. The molecule has 2 aromatic heterocycles. The van der Waals surface area contributed by atoms with Crippen molar-refractivity contribution >= 4 is 11.6 Å². The Morgan fingerprint density at radius 2 is 1.89 bits per heavy atom. The normalized spacial score (nSPS) is 15.4. The molecule has 0 spiro atoms. The van der Waals surface area contributed by atoms with E-state index in [0.29, 0.717) is 11.3 Å². The molecule has 6 heteroatoms. The van der Waals surface area contributed by atoms with Crippen LogP contribution in [0.15, 0.2) is 48.9 Å². The molecule has 0 radical (unpaired) electrons. The third-order valence-electron chi connectivity index (χ3n) is 5.13. The number of piperazine rings is 1. The first kappa shape index (κ1) is 17.7. The molecule has 1 aliphatic heterocycles. The van der Waals surface area contributed by atoms with Crippen molar-refractivity contribution in [3.8, 4) is 11.3 Å². The number of carbonyl (C=O) groups excluding carboxylic acids is 1. The van der Waals surface area contributed by atoms with E-state index >= 15 is 0 Å². The second kappa shape index (κ2) is 7.88. The van der Waals surface area contributed by atoms with E-state index in [2.05, 4.69) is 21.8 Å². The van der Waals surface area contributed by atoms with Crippen LogP contribution in [-0.4, -0.2) is 62.8 Å². The van der Waals surface area contributed by atoms with Crippen molar-refractivity contribution in [3.05, 3.63) is 54.6 Å². The molecule has 0 unspecified atom stereocenters. The van der Waals surface area contributed by atoms with Gasteiger partial charge < -0.3 is 9.30 Å². The lowest BCUT2D eigenvalue weighted by Crippen LogP contribution is -2.48.